The van der Waals surface area contributed by atoms with Gasteiger partial charge in [0.05, 0.1) is 6.04 Å². The second-order valence-electron chi connectivity index (χ2n) is 4.31. The molecule has 0 heterocycles. The predicted molar refractivity (Wildman–Crippen MR) is 70.6 cm³/mol. The highest BCUT2D eigenvalue weighted by Gasteiger charge is 2.18. The number of amides is 1. The number of rotatable bonds is 6. The van der Waals surface area contributed by atoms with Crippen LogP contribution in [0.4, 0.5) is 8.78 Å². The molecule has 0 bridgehead atoms. The molecule has 0 aromatic heterocycles. The molecule has 0 unspecified atom stereocenters. The number of halogens is 2. The smallest absolute Gasteiger partial charge is 0.237 e. The third-order valence-electron chi connectivity index (χ3n) is 2.74. The van der Waals surface area contributed by atoms with Crippen LogP contribution in [0.15, 0.2) is 30.9 Å². The average Bonchev–Trinajstić information content (AvgIpc) is 2.35. The minimum Gasteiger partial charge on any atom is -0.351 e. The van der Waals surface area contributed by atoms with Crippen molar-refractivity contribution in [2.24, 2.45) is 0 Å². The Hall–Kier alpha value is -1.75. The maximum atomic E-state index is 13.6. The third-order valence-corrected chi connectivity index (χ3v) is 2.74. The summed E-state index contributed by atoms with van der Waals surface area (Å²) in [6.07, 6.45) is 1.58. The summed E-state index contributed by atoms with van der Waals surface area (Å²) in [5, 5.41) is 5.60. The SMILES string of the molecule is C=CCNC(=O)[C@H](C)N[C@H](C)c1ccc(F)cc1F. The number of carbonyl (C=O) groups is 1. The van der Waals surface area contributed by atoms with Crippen LogP contribution in [-0.2, 0) is 4.79 Å². The van der Waals surface area contributed by atoms with E-state index < -0.39 is 23.7 Å². The van der Waals surface area contributed by atoms with Crippen LogP contribution in [0.25, 0.3) is 0 Å². The van der Waals surface area contributed by atoms with Gasteiger partial charge in [-0.2, -0.15) is 0 Å². The zero-order valence-corrected chi connectivity index (χ0v) is 11.0. The van der Waals surface area contributed by atoms with Crippen LogP contribution >= 0.6 is 0 Å². The van der Waals surface area contributed by atoms with Crippen LogP contribution in [0.2, 0.25) is 0 Å². The normalized spacial score (nSPS) is 13.7. The molecule has 0 radical (unpaired) electrons. The van der Waals surface area contributed by atoms with E-state index in [1.54, 1.807) is 19.9 Å². The van der Waals surface area contributed by atoms with Gasteiger partial charge in [-0.15, -0.1) is 6.58 Å². The highest BCUT2D eigenvalue weighted by molar-refractivity contribution is 5.81. The van der Waals surface area contributed by atoms with E-state index in [2.05, 4.69) is 17.2 Å². The molecule has 0 aliphatic rings. The molecule has 1 aromatic carbocycles. The number of carbonyl (C=O) groups excluding carboxylic acids is 1. The van der Waals surface area contributed by atoms with Crippen molar-refractivity contribution in [2.75, 3.05) is 6.54 Å². The fourth-order valence-corrected chi connectivity index (χ4v) is 1.72. The summed E-state index contributed by atoms with van der Waals surface area (Å²) in [7, 11) is 0. The van der Waals surface area contributed by atoms with Gasteiger partial charge in [0.25, 0.3) is 0 Å². The van der Waals surface area contributed by atoms with E-state index >= 15 is 0 Å². The number of hydrogen-bond donors (Lipinski definition) is 2. The first kappa shape index (κ1) is 15.3. The summed E-state index contributed by atoms with van der Waals surface area (Å²) in [6, 6.07) is 2.51. The van der Waals surface area contributed by atoms with Gasteiger partial charge in [-0.1, -0.05) is 12.1 Å². The molecule has 0 spiro atoms. The van der Waals surface area contributed by atoms with Gasteiger partial charge in [0.2, 0.25) is 5.91 Å². The summed E-state index contributed by atoms with van der Waals surface area (Å²) in [6.45, 7) is 7.27. The van der Waals surface area contributed by atoms with Crippen LogP contribution in [-0.4, -0.2) is 18.5 Å². The molecule has 0 aliphatic heterocycles. The highest BCUT2D eigenvalue weighted by Crippen LogP contribution is 2.18. The maximum absolute atomic E-state index is 13.6. The van der Waals surface area contributed by atoms with Crippen LogP contribution in [0.3, 0.4) is 0 Å². The Balaban J connectivity index is 2.65. The van der Waals surface area contributed by atoms with E-state index in [9.17, 15) is 13.6 Å². The van der Waals surface area contributed by atoms with E-state index in [0.717, 1.165) is 6.07 Å². The second kappa shape index (κ2) is 6.99. The molecular weight excluding hydrogens is 250 g/mol. The van der Waals surface area contributed by atoms with Crippen LogP contribution in [0.5, 0.6) is 0 Å². The lowest BCUT2D eigenvalue weighted by molar-refractivity contribution is -0.122. The van der Waals surface area contributed by atoms with Crippen LogP contribution in [0.1, 0.15) is 25.5 Å². The van der Waals surface area contributed by atoms with Crippen molar-refractivity contribution in [1.82, 2.24) is 10.6 Å². The molecule has 0 saturated heterocycles. The van der Waals surface area contributed by atoms with Gasteiger partial charge in [0, 0.05) is 24.2 Å². The largest absolute Gasteiger partial charge is 0.351 e. The Morgan fingerprint density at radius 2 is 2.11 bits per heavy atom. The molecule has 19 heavy (non-hydrogen) atoms. The molecular formula is C14H18F2N2O. The van der Waals surface area contributed by atoms with Gasteiger partial charge in [-0.05, 0) is 19.9 Å². The lowest BCUT2D eigenvalue weighted by Crippen LogP contribution is -2.43. The van der Waals surface area contributed by atoms with E-state index in [-0.39, 0.29) is 5.91 Å². The summed E-state index contributed by atoms with van der Waals surface area (Å²) in [4.78, 5) is 11.6. The fourth-order valence-electron chi connectivity index (χ4n) is 1.72. The molecule has 1 rings (SSSR count). The van der Waals surface area contributed by atoms with Crippen molar-refractivity contribution < 1.29 is 13.6 Å². The van der Waals surface area contributed by atoms with E-state index in [1.165, 1.54) is 12.1 Å². The van der Waals surface area contributed by atoms with Gasteiger partial charge in [-0.3, -0.25) is 10.1 Å². The van der Waals surface area contributed by atoms with Gasteiger partial charge < -0.3 is 5.32 Å². The maximum Gasteiger partial charge on any atom is 0.237 e. The Morgan fingerprint density at radius 1 is 1.42 bits per heavy atom. The topological polar surface area (TPSA) is 41.1 Å². The Kier molecular flexibility index (Phi) is 5.63. The van der Waals surface area contributed by atoms with Crippen molar-refractivity contribution in [1.29, 1.82) is 0 Å². The van der Waals surface area contributed by atoms with E-state index in [1.807, 2.05) is 0 Å². The molecule has 0 aliphatic carbocycles. The Bertz CT molecular complexity index is 463. The molecule has 0 fully saturated rings. The highest BCUT2D eigenvalue weighted by atomic mass is 19.1. The predicted octanol–water partition coefficient (Wildman–Crippen LogP) is 2.31. The Morgan fingerprint density at radius 3 is 2.68 bits per heavy atom. The van der Waals surface area contributed by atoms with Gasteiger partial charge >= 0.3 is 0 Å². The zero-order chi connectivity index (χ0) is 14.4. The van der Waals surface area contributed by atoms with Crippen molar-refractivity contribution in [3.8, 4) is 0 Å². The molecule has 5 heteroatoms. The minimum atomic E-state index is -0.626. The number of nitrogens with one attached hydrogen (secondary N) is 2. The number of hydrogen-bond acceptors (Lipinski definition) is 2. The van der Waals surface area contributed by atoms with Crippen LogP contribution in [0, 0.1) is 11.6 Å². The lowest BCUT2D eigenvalue weighted by Gasteiger charge is -2.20. The molecule has 1 amide bonds. The third kappa shape index (κ3) is 4.44. The van der Waals surface area contributed by atoms with Crippen molar-refractivity contribution in [3.05, 3.63) is 48.1 Å². The number of benzene rings is 1. The first-order chi connectivity index (χ1) is 8.95. The van der Waals surface area contributed by atoms with Gasteiger partial charge in [0.1, 0.15) is 11.6 Å². The van der Waals surface area contributed by atoms with Gasteiger partial charge in [-0.25, -0.2) is 8.78 Å². The molecule has 2 N–H and O–H groups in total. The van der Waals surface area contributed by atoms with E-state index in [4.69, 9.17) is 0 Å². The fraction of sp³-hybridized carbons (Fsp3) is 0.357. The quantitative estimate of drug-likeness (QED) is 0.777. The molecule has 2 atom stereocenters. The van der Waals surface area contributed by atoms with Crippen molar-refractivity contribution >= 4 is 5.91 Å². The standard InChI is InChI=1S/C14H18F2N2O/c1-4-7-17-14(19)10(3)18-9(2)12-6-5-11(15)8-13(12)16/h4-6,8-10,18H,1,7H2,2-3H3,(H,17,19)/t9-,10+/m1/s1. The molecule has 0 saturated carbocycles. The monoisotopic (exact) mass is 268 g/mol. The Labute approximate surface area is 111 Å². The first-order valence-corrected chi connectivity index (χ1v) is 6.05. The summed E-state index contributed by atoms with van der Waals surface area (Å²) in [5.41, 5.74) is 0.324. The average molecular weight is 268 g/mol. The molecule has 1 aromatic rings. The lowest BCUT2D eigenvalue weighted by atomic mass is 10.1. The first-order valence-electron chi connectivity index (χ1n) is 6.05. The van der Waals surface area contributed by atoms with Crippen LogP contribution < -0.4 is 10.6 Å². The summed E-state index contributed by atoms with van der Waals surface area (Å²) >= 11 is 0. The summed E-state index contributed by atoms with van der Waals surface area (Å²) < 4.78 is 26.4. The van der Waals surface area contributed by atoms with E-state index in [0.29, 0.717) is 12.1 Å². The zero-order valence-electron chi connectivity index (χ0n) is 11.0. The molecule has 104 valence electrons. The van der Waals surface area contributed by atoms with Crippen molar-refractivity contribution in [2.45, 2.75) is 25.9 Å². The molecule has 3 nitrogen and oxygen atoms in total. The van der Waals surface area contributed by atoms with Crippen molar-refractivity contribution in [3.63, 3.8) is 0 Å². The second-order valence-corrected chi connectivity index (χ2v) is 4.31. The summed E-state index contributed by atoms with van der Waals surface area (Å²) in [5.74, 6) is -1.45. The minimum absolute atomic E-state index is 0.200. The van der Waals surface area contributed by atoms with Gasteiger partial charge in [0.15, 0.2) is 0 Å².